The third-order valence-electron chi connectivity index (χ3n) is 2.61. The molecule has 3 aromatic rings. The monoisotopic (exact) mass is 431 g/mol. The molecule has 1 heterocycles. The highest BCUT2D eigenvalue weighted by atomic mass is 127. The fourth-order valence-electron chi connectivity index (χ4n) is 1.86. The number of pyridine rings is 1. The number of nitrogens with zero attached hydrogens (tertiary/aromatic N) is 1. The molecular weight excluding hydrogens is 424 g/mol. The molecular formula is C13H7I2N. The summed E-state index contributed by atoms with van der Waals surface area (Å²) in [5.74, 6) is 0. The number of benzene rings is 2. The van der Waals surface area contributed by atoms with Crippen LogP contribution >= 0.6 is 45.2 Å². The Bertz CT molecular complexity index is 631. The first-order valence-electron chi connectivity index (χ1n) is 4.87. The Morgan fingerprint density at radius 1 is 0.812 bits per heavy atom. The van der Waals surface area contributed by atoms with Crippen LogP contribution in [0.5, 0.6) is 0 Å². The normalized spacial score (nSPS) is 11.1. The van der Waals surface area contributed by atoms with Crippen LogP contribution in [0.2, 0.25) is 0 Å². The number of fused-ring (bicyclic) bond motifs is 3. The number of aromatic nitrogens is 1. The first-order chi connectivity index (χ1) is 7.74. The lowest BCUT2D eigenvalue weighted by atomic mass is 10.1. The summed E-state index contributed by atoms with van der Waals surface area (Å²) in [6.45, 7) is 0. The number of hydrogen-bond donors (Lipinski definition) is 0. The molecule has 0 amide bonds. The number of rotatable bonds is 0. The summed E-state index contributed by atoms with van der Waals surface area (Å²) in [6.07, 6.45) is 1.95. The fourth-order valence-corrected chi connectivity index (χ4v) is 2.85. The van der Waals surface area contributed by atoms with Crippen LogP contribution in [0.3, 0.4) is 0 Å². The quantitative estimate of drug-likeness (QED) is 0.375. The van der Waals surface area contributed by atoms with Gasteiger partial charge in [-0.05, 0) is 74.8 Å². The minimum absolute atomic E-state index is 1.07. The van der Waals surface area contributed by atoms with Crippen LogP contribution in [-0.2, 0) is 0 Å². The molecule has 16 heavy (non-hydrogen) atoms. The molecule has 0 aliphatic heterocycles. The van der Waals surface area contributed by atoms with Crippen molar-refractivity contribution in [2.24, 2.45) is 0 Å². The van der Waals surface area contributed by atoms with Crippen molar-refractivity contribution < 1.29 is 0 Å². The standard InChI is InChI=1S/C13H7I2N/c14-9-1-3-11-8(5-9)7-16-13-6-10(15)2-4-12(11)13/h1-7H. The van der Waals surface area contributed by atoms with Gasteiger partial charge in [-0.3, -0.25) is 4.98 Å². The maximum atomic E-state index is 4.50. The molecule has 3 heteroatoms. The molecule has 0 spiro atoms. The lowest BCUT2D eigenvalue weighted by molar-refractivity contribution is 1.44. The smallest absolute Gasteiger partial charge is 0.0718 e. The van der Waals surface area contributed by atoms with E-state index in [0.29, 0.717) is 0 Å². The molecule has 78 valence electrons. The van der Waals surface area contributed by atoms with Crippen LogP contribution in [0.1, 0.15) is 0 Å². The summed E-state index contributed by atoms with van der Waals surface area (Å²) in [4.78, 5) is 4.50. The van der Waals surface area contributed by atoms with Crippen molar-refractivity contribution in [2.75, 3.05) is 0 Å². The minimum Gasteiger partial charge on any atom is -0.256 e. The summed E-state index contributed by atoms with van der Waals surface area (Å²) in [6, 6.07) is 12.9. The lowest BCUT2D eigenvalue weighted by Crippen LogP contribution is -1.83. The largest absolute Gasteiger partial charge is 0.256 e. The van der Waals surface area contributed by atoms with Gasteiger partial charge in [-0.15, -0.1) is 0 Å². The molecule has 0 fully saturated rings. The molecule has 0 aliphatic rings. The van der Waals surface area contributed by atoms with Crippen LogP contribution in [0.15, 0.2) is 42.6 Å². The van der Waals surface area contributed by atoms with Crippen molar-refractivity contribution in [2.45, 2.75) is 0 Å². The van der Waals surface area contributed by atoms with Crippen LogP contribution in [0.25, 0.3) is 21.7 Å². The van der Waals surface area contributed by atoms with Crippen molar-refractivity contribution in [1.29, 1.82) is 0 Å². The molecule has 1 aromatic heterocycles. The zero-order valence-corrected chi connectivity index (χ0v) is 12.6. The van der Waals surface area contributed by atoms with Crippen molar-refractivity contribution in [3.63, 3.8) is 0 Å². The van der Waals surface area contributed by atoms with E-state index in [4.69, 9.17) is 0 Å². The van der Waals surface area contributed by atoms with Gasteiger partial charge in [0.15, 0.2) is 0 Å². The lowest BCUT2D eigenvalue weighted by Gasteiger charge is -2.03. The van der Waals surface area contributed by atoms with Gasteiger partial charge in [0.25, 0.3) is 0 Å². The van der Waals surface area contributed by atoms with Crippen LogP contribution < -0.4 is 0 Å². The maximum absolute atomic E-state index is 4.50. The molecule has 0 saturated carbocycles. The molecule has 3 rings (SSSR count). The van der Waals surface area contributed by atoms with E-state index in [1.165, 1.54) is 23.3 Å². The Labute approximate surface area is 121 Å². The predicted molar refractivity (Wildman–Crippen MR) is 84.7 cm³/mol. The molecule has 1 nitrogen and oxygen atoms in total. The molecule has 0 aliphatic carbocycles. The summed E-state index contributed by atoms with van der Waals surface area (Å²) < 4.78 is 2.47. The summed E-state index contributed by atoms with van der Waals surface area (Å²) >= 11 is 4.64. The van der Waals surface area contributed by atoms with Crippen molar-refractivity contribution >= 4 is 66.9 Å². The topological polar surface area (TPSA) is 12.9 Å². The average molecular weight is 431 g/mol. The van der Waals surface area contributed by atoms with E-state index in [1.807, 2.05) is 6.20 Å². The molecule has 0 bridgehead atoms. The van der Waals surface area contributed by atoms with Gasteiger partial charge < -0.3 is 0 Å². The van der Waals surface area contributed by atoms with Gasteiger partial charge in [0.05, 0.1) is 5.52 Å². The summed E-state index contributed by atoms with van der Waals surface area (Å²) in [7, 11) is 0. The van der Waals surface area contributed by atoms with Crippen LogP contribution in [0.4, 0.5) is 0 Å². The van der Waals surface area contributed by atoms with E-state index in [9.17, 15) is 0 Å². The molecule has 0 unspecified atom stereocenters. The zero-order valence-electron chi connectivity index (χ0n) is 8.24. The highest BCUT2D eigenvalue weighted by molar-refractivity contribution is 14.1. The van der Waals surface area contributed by atoms with E-state index >= 15 is 0 Å². The van der Waals surface area contributed by atoms with E-state index in [-0.39, 0.29) is 0 Å². The maximum Gasteiger partial charge on any atom is 0.0718 e. The highest BCUT2D eigenvalue weighted by Gasteiger charge is 2.02. The first-order valence-corrected chi connectivity index (χ1v) is 7.03. The Morgan fingerprint density at radius 2 is 1.50 bits per heavy atom. The van der Waals surface area contributed by atoms with Gasteiger partial charge in [-0.25, -0.2) is 0 Å². The van der Waals surface area contributed by atoms with E-state index in [1.54, 1.807) is 0 Å². The molecule has 0 atom stereocenters. The van der Waals surface area contributed by atoms with Crippen molar-refractivity contribution in [3.8, 4) is 0 Å². The van der Waals surface area contributed by atoms with Crippen LogP contribution in [0, 0.1) is 7.14 Å². The molecule has 0 N–H and O–H groups in total. The van der Waals surface area contributed by atoms with Gasteiger partial charge in [0.2, 0.25) is 0 Å². The van der Waals surface area contributed by atoms with Crippen molar-refractivity contribution in [1.82, 2.24) is 4.98 Å². The Kier molecular flexibility index (Phi) is 2.75. The van der Waals surface area contributed by atoms with Gasteiger partial charge in [0, 0.05) is 24.1 Å². The van der Waals surface area contributed by atoms with E-state index < -0.39 is 0 Å². The number of halogens is 2. The summed E-state index contributed by atoms with van der Waals surface area (Å²) in [5.41, 5.74) is 1.07. The van der Waals surface area contributed by atoms with Gasteiger partial charge in [-0.2, -0.15) is 0 Å². The second kappa shape index (κ2) is 4.10. The fraction of sp³-hybridized carbons (Fsp3) is 0. The van der Waals surface area contributed by atoms with Crippen LogP contribution in [-0.4, -0.2) is 4.98 Å². The van der Waals surface area contributed by atoms with E-state index in [0.717, 1.165) is 5.52 Å². The summed E-state index contributed by atoms with van der Waals surface area (Å²) in [5, 5.41) is 3.72. The second-order valence-corrected chi connectivity index (χ2v) is 6.14. The molecule has 0 radical (unpaired) electrons. The Hall–Kier alpha value is -0.430. The highest BCUT2D eigenvalue weighted by Crippen LogP contribution is 2.25. The third kappa shape index (κ3) is 1.79. The molecule has 2 aromatic carbocycles. The SMILES string of the molecule is Ic1ccc2c(cnc3cc(I)ccc32)c1. The predicted octanol–water partition coefficient (Wildman–Crippen LogP) is 4.60. The Morgan fingerprint density at radius 3 is 2.31 bits per heavy atom. The zero-order chi connectivity index (χ0) is 11.1. The third-order valence-corrected chi connectivity index (χ3v) is 3.95. The van der Waals surface area contributed by atoms with Gasteiger partial charge >= 0.3 is 0 Å². The first kappa shape index (κ1) is 10.7. The minimum atomic E-state index is 1.07. The van der Waals surface area contributed by atoms with E-state index in [2.05, 4.69) is 86.6 Å². The Balaban J connectivity index is 2.50. The van der Waals surface area contributed by atoms with Gasteiger partial charge in [0.1, 0.15) is 0 Å². The van der Waals surface area contributed by atoms with Gasteiger partial charge in [-0.1, -0.05) is 12.1 Å². The average Bonchev–Trinajstić information content (AvgIpc) is 2.28. The number of hydrogen-bond acceptors (Lipinski definition) is 1. The molecule has 0 saturated heterocycles. The van der Waals surface area contributed by atoms with Crippen molar-refractivity contribution in [3.05, 3.63) is 49.7 Å². The second-order valence-electron chi connectivity index (χ2n) is 3.65.